The zero-order valence-corrected chi connectivity index (χ0v) is 17.6. The molecular formula is C26H35N. The van der Waals surface area contributed by atoms with Gasteiger partial charge in [0.2, 0.25) is 0 Å². The lowest BCUT2D eigenvalue weighted by Crippen LogP contribution is -2.31. The third-order valence-electron chi connectivity index (χ3n) is 6.15. The molecule has 3 rings (SSSR count). The van der Waals surface area contributed by atoms with Crippen molar-refractivity contribution >= 4 is 5.57 Å². The minimum Gasteiger partial charge on any atom is -0.301 e. The summed E-state index contributed by atoms with van der Waals surface area (Å²) in [7, 11) is 0. The number of hydrogen-bond donors (Lipinski definition) is 0. The first-order chi connectivity index (χ1) is 12.8. The molecule has 2 aromatic rings. The fourth-order valence-electron chi connectivity index (χ4n) is 4.16. The molecule has 0 amide bonds. The lowest BCUT2D eigenvalue weighted by Gasteiger charge is -2.29. The summed E-state index contributed by atoms with van der Waals surface area (Å²) in [6.45, 7) is 16.1. The summed E-state index contributed by atoms with van der Waals surface area (Å²) >= 11 is 0. The molecule has 144 valence electrons. The van der Waals surface area contributed by atoms with Crippen molar-refractivity contribution in [2.75, 3.05) is 13.1 Å². The normalized spacial score (nSPS) is 18.0. The zero-order chi connectivity index (χ0) is 19.4. The van der Waals surface area contributed by atoms with Crippen molar-refractivity contribution in [2.45, 2.75) is 59.4 Å². The Morgan fingerprint density at radius 2 is 1.63 bits per heavy atom. The van der Waals surface area contributed by atoms with Crippen LogP contribution in [0.4, 0.5) is 0 Å². The Hall–Kier alpha value is -1.86. The average Bonchev–Trinajstić information content (AvgIpc) is 3.05. The molecule has 1 nitrogen and oxygen atoms in total. The van der Waals surface area contributed by atoms with Crippen LogP contribution in [-0.2, 0) is 6.42 Å². The molecule has 1 aliphatic heterocycles. The Morgan fingerprint density at radius 1 is 1.04 bits per heavy atom. The highest BCUT2D eigenvalue weighted by molar-refractivity contribution is 5.78. The van der Waals surface area contributed by atoms with Gasteiger partial charge in [-0.05, 0) is 80.3 Å². The van der Waals surface area contributed by atoms with Crippen molar-refractivity contribution in [3.63, 3.8) is 0 Å². The minimum absolute atomic E-state index is 0.331. The van der Waals surface area contributed by atoms with Crippen molar-refractivity contribution in [2.24, 2.45) is 5.41 Å². The van der Waals surface area contributed by atoms with Crippen LogP contribution in [0.15, 0.2) is 55.1 Å². The van der Waals surface area contributed by atoms with E-state index in [9.17, 15) is 0 Å². The van der Waals surface area contributed by atoms with Gasteiger partial charge < -0.3 is 4.90 Å². The SMILES string of the molecule is C=C(c1ccc(C)cc1)c1ccc(CC(C)(C)CCN2CCCC2C)cc1. The molecule has 1 heterocycles. The van der Waals surface area contributed by atoms with Gasteiger partial charge in [-0.25, -0.2) is 0 Å². The third-order valence-corrected chi connectivity index (χ3v) is 6.15. The fraction of sp³-hybridized carbons (Fsp3) is 0.462. The van der Waals surface area contributed by atoms with E-state index in [1.807, 2.05) is 0 Å². The van der Waals surface area contributed by atoms with Gasteiger partial charge in [0.15, 0.2) is 0 Å². The van der Waals surface area contributed by atoms with Gasteiger partial charge in [-0.2, -0.15) is 0 Å². The number of benzene rings is 2. The van der Waals surface area contributed by atoms with Crippen molar-refractivity contribution < 1.29 is 0 Å². The van der Waals surface area contributed by atoms with Crippen LogP contribution in [0.3, 0.4) is 0 Å². The maximum atomic E-state index is 4.30. The van der Waals surface area contributed by atoms with Gasteiger partial charge in [0.05, 0.1) is 0 Å². The second kappa shape index (κ2) is 8.44. The topological polar surface area (TPSA) is 3.24 Å². The van der Waals surface area contributed by atoms with E-state index in [4.69, 9.17) is 0 Å². The molecule has 1 unspecified atom stereocenters. The summed E-state index contributed by atoms with van der Waals surface area (Å²) in [6, 6.07) is 18.4. The fourth-order valence-corrected chi connectivity index (χ4v) is 4.16. The summed E-state index contributed by atoms with van der Waals surface area (Å²) in [5, 5.41) is 0. The Balaban J connectivity index is 1.59. The van der Waals surface area contributed by atoms with E-state index in [2.05, 4.69) is 87.7 Å². The van der Waals surface area contributed by atoms with Crippen LogP contribution in [0.1, 0.15) is 62.3 Å². The van der Waals surface area contributed by atoms with Gasteiger partial charge in [0.1, 0.15) is 0 Å². The molecule has 0 N–H and O–H groups in total. The molecule has 0 spiro atoms. The monoisotopic (exact) mass is 361 g/mol. The number of likely N-dealkylation sites (tertiary alicyclic amines) is 1. The summed E-state index contributed by atoms with van der Waals surface area (Å²) < 4.78 is 0. The van der Waals surface area contributed by atoms with E-state index in [-0.39, 0.29) is 0 Å². The molecule has 1 saturated heterocycles. The molecule has 1 aliphatic rings. The van der Waals surface area contributed by atoms with Gasteiger partial charge in [0, 0.05) is 6.04 Å². The molecule has 1 heteroatoms. The van der Waals surface area contributed by atoms with Gasteiger partial charge in [0.25, 0.3) is 0 Å². The smallest absolute Gasteiger partial charge is 0.00674 e. The van der Waals surface area contributed by atoms with Crippen LogP contribution in [-0.4, -0.2) is 24.0 Å². The Bertz CT molecular complexity index is 752. The predicted octanol–water partition coefficient (Wildman–Crippen LogP) is 6.50. The van der Waals surface area contributed by atoms with Crippen LogP contribution >= 0.6 is 0 Å². The first-order valence-corrected chi connectivity index (χ1v) is 10.4. The van der Waals surface area contributed by atoms with Crippen LogP contribution in [0.25, 0.3) is 5.57 Å². The highest BCUT2D eigenvalue weighted by Gasteiger charge is 2.24. The number of aryl methyl sites for hydroxylation is 1. The van der Waals surface area contributed by atoms with E-state index in [1.54, 1.807) is 0 Å². The van der Waals surface area contributed by atoms with Gasteiger partial charge in [-0.15, -0.1) is 0 Å². The first kappa shape index (κ1) is 19.9. The van der Waals surface area contributed by atoms with Gasteiger partial charge in [-0.1, -0.05) is 74.5 Å². The van der Waals surface area contributed by atoms with Gasteiger partial charge in [-0.3, -0.25) is 0 Å². The minimum atomic E-state index is 0.331. The average molecular weight is 362 g/mol. The van der Waals surface area contributed by atoms with Gasteiger partial charge >= 0.3 is 0 Å². The summed E-state index contributed by atoms with van der Waals surface area (Å²) in [6.07, 6.45) is 5.13. The zero-order valence-electron chi connectivity index (χ0n) is 17.6. The molecule has 27 heavy (non-hydrogen) atoms. The standard InChI is InChI=1S/C26H35N/c1-20-8-12-24(13-9-20)22(3)25-14-10-23(11-15-25)19-26(4,5)16-18-27-17-6-7-21(27)2/h8-15,21H,3,6-7,16-19H2,1-2,4-5H3. The largest absolute Gasteiger partial charge is 0.301 e. The van der Waals surface area contributed by atoms with Crippen LogP contribution < -0.4 is 0 Å². The van der Waals surface area contributed by atoms with E-state index in [0.717, 1.165) is 18.0 Å². The Morgan fingerprint density at radius 3 is 2.19 bits per heavy atom. The Kier molecular flexibility index (Phi) is 6.22. The Labute approximate surface area is 166 Å². The van der Waals surface area contributed by atoms with Crippen molar-refractivity contribution in [1.29, 1.82) is 0 Å². The molecule has 0 bridgehead atoms. The molecule has 1 atom stereocenters. The highest BCUT2D eigenvalue weighted by atomic mass is 15.2. The molecular weight excluding hydrogens is 326 g/mol. The molecule has 0 aliphatic carbocycles. The third kappa shape index (κ3) is 5.32. The van der Waals surface area contributed by atoms with Crippen molar-refractivity contribution in [3.05, 3.63) is 77.4 Å². The van der Waals surface area contributed by atoms with Crippen LogP contribution in [0.2, 0.25) is 0 Å². The van der Waals surface area contributed by atoms with Crippen LogP contribution in [0, 0.1) is 12.3 Å². The second-order valence-corrected chi connectivity index (χ2v) is 9.16. The number of hydrogen-bond acceptors (Lipinski definition) is 1. The predicted molar refractivity (Wildman–Crippen MR) is 118 cm³/mol. The molecule has 0 aromatic heterocycles. The number of nitrogens with zero attached hydrogens (tertiary/aromatic N) is 1. The summed E-state index contributed by atoms with van der Waals surface area (Å²) in [4.78, 5) is 2.66. The highest BCUT2D eigenvalue weighted by Crippen LogP contribution is 2.29. The first-order valence-electron chi connectivity index (χ1n) is 10.4. The van der Waals surface area contributed by atoms with E-state index < -0.39 is 0 Å². The summed E-state index contributed by atoms with van der Waals surface area (Å²) in [5.41, 5.74) is 6.56. The summed E-state index contributed by atoms with van der Waals surface area (Å²) in [5.74, 6) is 0. The van der Waals surface area contributed by atoms with E-state index in [0.29, 0.717) is 5.41 Å². The quantitative estimate of drug-likeness (QED) is 0.544. The maximum absolute atomic E-state index is 4.30. The molecule has 1 fully saturated rings. The molecule has 0 saturated carbocycles. The number of rotatable bonds is 7. The second-order valence-electron chi connectivity index (χ2n) is 9.16. The van der Waals surface area contributed by atoms with Crippen molar-refractivity contribution in [3.8, 4) is 0 Å². The van der Waals surface area contributed by atoms with E-state index >= 15 is 0 Å². The van der Waals surface area contributed by atoms with Crippen LogP contribution in [0.5, 0.6) is 0 Å². The molecule has 0 radical (unpaired) electrons. The van der Waals surface area contributed by atoms with Crippen molar-refractivity contribution in [1.82, 2.24) is 4.90 Å². The lowest BCUT2D eigenvalue weighted by atomic mass is 9.82. The van der Waals surface area contributed by atoms with E-state index in [1.165, 1.54) is 54.6 Å². The maximum Gasteiger partial charge on any atom is 0.00674 e. The lowest BCUT2D eigenvalue weighted by molar-refractivity contribution is 0.212. The molecule has 2 aromatic carbocycles.